The third kappa shape index (κ3) is 4.17. The van der Waals surface area contributed by atoms with E-state index in [2.05, 4.69) is 11.0 Å². The molecule has 0 spiro atoms. The van der Waals surface area contributed by atoms with Crippen LogP contribution in [0.2, 0.25) is 0 Å². The van der Waals surface area contributed by atoms with Gasteiger partial charge >= 0.3 is 0 Å². The van der Waals surface area contributed by atoms with Gasteiger partial charge in [0, 0.05) is 32.3 Å². The Morgan fingerprint density at radius 2 is 1.97 bits per heavy atom. The van der Waals surface area contributed by atoms with Crippen molar-refractivity contribution < 1.29 is 9.53 Å². The van der Waals surface area contributed by atoms with Gasteiger partial charge in [-0.25, -0.2) is 0 Å². The number of nitrogens with zero attached hydrogens (tertiary/aromatic N) is 4. The molecule has 3 heterocycles. The Balaban J connectivity index is 2.17. The molecule has 0 aliphatic carbocycles. The number of hydrogen-bond donors (Lipinski definition) is 0. The number of amides is 1. The van der Waals surface area contributed by atoms with Crippen molar-refractivity contribution in [1.82, 2.24) is 9.47 Å². The van der Waals surface area contributed by atoms with E-state index in [9.17, 15) is 14.9 Å². The standard InChI is InChI=1S/C21H26N4O3S2/c1-4-24-18(23-8-6-5-7-9-23)15(14(2)16(13-22)19(24)26)12-17-20(27)25(10-11-28-3)21(29)30-17/h12H,4-11H2,1-3H3/b17-12-. The molecule has 0 N–H and O–H groups in total. The number of piperidine rings is 1. The Hall–Kier alpha value is -2.15. The number of thioether (sulfide) groups is 1. The minimum atomic E-state index is -0.275. The quantitative estimate of drug-likeness (QED) is 0.491. The van der Waals surface area contributed by atoms with Gasteiger partial charge in [-0.15, -0.1) is 0 Å². The van der Waals surface area contributed by atoms with Crippen LogP contribution in [-0.2, 0) is 16.1 Å². The lowest BCUT2D eigenvalue weighted by Gasteiger charge is -2.33. The van der Waals surface area contributed by atoms with Gasteiger partial charge in [-0.3, -0.25) is 19.1 Å². The van der Waals surface area contributed by atoms with E-state index in [-0.39, 0.29) is 17.0 Å². The van der Waals surface area contributed by atoms with Crippen LogP contribution in [-0.4, -0.2) is 53.0 Å². The van der Waals surface area contributed by atoms with Crippen LogP contribution in [0.1, 0.15) is 42.9 Å². The number of carbonyl (C=O) groups is 1. The molecule has 0 atom stereocenters. The number of carbonyl (C=O) groups excluding carboxylic acids is 1. The molecule has 0 unspecified atom stereocenters. The smallest absolute Gasteiger partial charge is 0.270 e. The molecular weight excluding hydrogens is 420 g/mol. The molecule has 2 aliphatic rings. The number of pyridine rings is 1. The number of hydrogen-bond acceptors (Lipinski definition) is 7. The van der Waals surface area contributed by atoms with Crippen LogP contribution in [0.4, 0.5) is 5.82 Å². The highest BCUT2D eigenvalue weighted by Crippen LogP contribution is 2.36. The Morgan fingerprint density at radius 3 is 2.57 bits per heavy atom. The average Bonchev–Trinajstić information content (AvgIpc) is 3.01. The molecule has 9 heteroatoms. The van der Waals surface area contributed by atoms with Crippen LogP contribution in [0.3, 0.4) is 0 Å². The molecule has 1 aromatic rings. The largest absolute Gasteiger partial charge is 0.383 e. The summed E-state index contributed by atoms with van der Waals surface area (Å²) >= 11 is 6.63. The number of rotatable bonds is 6. The van der Waals surface area contributed by atoms with Crippen molar-refractivity contribution in [1.29, 1.82) is 5.26 Å². The summed E-state index contributed by atoms with van der Waals surface area (Å²) in [7, 11) is 1.58. The summed E-state index contributed by atoms with van der Waals surface area (Å²) in [5.74, 6) is 0.625. The van der Waals surface area contributed by atoms with E-state index >= 15 is 0 Å². The van der Waals surface area contributed by atoms with E-state index in [0.717, 1.165) is 43.7 Å². The SMILES string of the molecule is CCn1c(N2CCCCC2)c(/C=C2\SC(=S)N(CCOC)C2=O)c(C)c(C#N)c1=O. The number of anilines is 1. The maximum atomic E-state index is 13.0. The number of methoxy groups -OCH3 is 1. The lowest BCUT2D eigenvalue weighted by Crippen LogP contribution is -2.37. The van der Waals surface area contributed by atoms with Crippen molar-refractivity contribution in [3.05, 3.63) is 31.9 Å². The van der Waals surface area contributed by atoms with E-state index in [1.807, 2.05) is 6.92 Å². The Bertz CT molecular complexity index is 987. The summed E-state index contributed by atoms with van der Waals surface area (Å²) in [5.41, 5.74) is 1.21. The number of ether oxygens (including phenoxy) is 1. The molecule has 0 radical (unpaired) electrons. The van der Waals surface area contributed by atoms with Gasteiger partial charge in [0.25, 0.3) is 11.5 Å². The monoisotopic (exact) mass is 446 g/mol. The van der Waals surface area contributed by atoms with Crippen LogP contribution in [0.25, 0.3) is 6.08 Å². The molecule has 1 amide bonds. The van der Waals surface area contributed by atoms with Crippen molar-refractivity contribution in [3.8, 4) is 6.07 Å². The minimum absolute atomic E-state index is 0.124. The van der Waals surface area contributed by atoms with Crippen LogP contribution in [0, 0.1) is 18.3 Å². The summed E-state index contributed by atoms with van der Waals surface area (Å²) in [5, 5.41) is 9.63. The highest BCUT2D eigenvalue weighted by atomic mass is 32.2. The molecule has 1 aromatic heterocycles. The molecule has 0 saturated carbocycles. The van der Waals surface area contributed by atoms with Gasteiger partial charge in [-0.2, -0.15) is 5.26 Å². The molecule has 2 aliphatic heterocycles. The summed E-state index contributed by atoms with van der Waals surface area (Å²) in [4.78, 5) is 30.2. The van der Waals surface area contributed by atoms with E-state index in [1.54, 1.807) is 24.7 Å². The first-order chi connectivity index (χ1) is 14.4. The predicted molar refractivity (Wildman–Crippen MR) is 124 cm³/mol. The van der Waals surface area contributed by atoms with E-state index in [1.165, 1.54) is 16.7 Å². The number of thiocarbonyl (C=S) groups is 1. The van der Waals surface area contributed by atoms with E-state index < -0.39 is 0 Å². The lowest BCUT2D eigenvalue weighted by molar-refractivity contribution is -0.122. The van der Waals surface area contributed by atoms with Crippen molar-refractivity contribution in [2.75, 3.05) is 38.3 Å². The van der Waals surface area contributed by atoms with Crippen LogP contribution in [0.5, 0.6) is 0 Å². The molecule has 0 aromatic carbocycles. The van der Waals surface area contributed by atoms with Gasteiger partial charge in [0.2, 0.25) is 0 Å². The topological polar surface area (TPSA) is 78.6 Å². The molecular formula is C21H26N4O3S2. The highest BCUT2D eigenvalue weighted by molar-refractivity contribution is 8.26. The molecule has 160 valence electrons. The summed E-state index contributed by atoms with van der Waals surface area (Å²) in [6.45, 7) is 6.63. The minimum Gasteiger partial charge on any atom is -0.383 e. The number of nitriles is 1. The lowest BCUT2D eigenvalue weighted by atomic mass is 10.0. The maximum absolute atomic E-state index is 13.0. The van der Waals surface area contributed by atoms with Gasteiger partial charge in [-0.05, 0) is 44.7 Å². The van der Waals surface area contributed by atoms with Gasteiger partial charge in [0.05, 0.1) is 18.1 Å². The maximum Gasteiger partial charge on any atom is 0.270 e. The fourth-order valence-electron chi connectivity index (χ4n) is 3.89. The summed E-state index contributed by atoms with van der Waals surface area (Å²) in [6, 6.07) is 2.06. The van der Waals surface area contributed by atoms with Crippen LogP contribution >= 0.6 is 24.0 Å². The molecule has 2 fully saturated rings. The average molecular weight is 447 g/mol. The second-order valence-electron chi connectivity index (χ2n) is 7.27. The van der Waals surface area contributed by atoms with Crippen LogP contribution < -0.4 is 10.5 Å². The fourth-order valence-corrected chi connectivity index (χ4v) is 5.18. The Kier molecular flexibility index (Phi) is 7.34. The third-order valence-electron chi connectivity index (χ3n) is 5.49. The first-order valence-electron chi connectivity index (χ1n) is 10.1. The number of aromatic nitrogens is 1. The van der Waals surface area contributed by atoms with E-state index in [0.29, 0.717) is 34.5 Å². The first kappa shape index (κ1) is 22.5. The highest BCUT2D eigenvalue weighted by Gasteiger charge is 2.33. The Morgan fingerprint density at radius 1 is 1.27 bits per heavy atom. The van der Waals surface area contributed by atoms with Crippen molar-refractivity contribution in [3.63, 3.8) is 0 Å². The van der Waals surface area contributed by atoms with Crippen LogP contribution in [0.15, 0.2) is 9.70 Å². The summed E-state index contributed by atoms with van der Waals surface area (Å²) in [6.07, 6.45) is 5.07. The molecule has 30 heavy (non-hydrogen) atoms. The zero-order valence-corrected chi connectivity index (χ0v) is 19.2. The normalized spacial score (nSPS) is 18.4. The predicted octanol–water partition coefficient (Wildman–Crippen LogP) is 2.89. The zero-order chi connectivity index (χ0) is 21.8. The first-order valence-corrected chi connectivity index (χ1v) is 11.3. The van der Waals surface area contributed by atoms with Crippen molar-refractivity contribution >= 4 is 46.1 Å². The fraction of sp³-hybridized carbons (Fsp3) is 0.524. The molecule has 2 saturated heterocycles. The molecule has 0 bridgehead atoms. The zero-order valence-electron chi connectivity index (χ0n) is 17.6. The van der Waals surface area contributed by atoms with E-state index in [4.69, 9.17) is 17.0 Å². The van der Waals surface area contributed by atoms with Crippen molar-refractivity contribution in [2.24, 2.45) is 0 Å². The molecule has 7 nitrogen and oxygen atoms in total. The van der Waals surface area contributed by atoms with Gasteiger partial charge in [-0.1, -0.05) is 24.0 Å². The van der Waals surface area contributed by atoms with Gasteiger partial charge in [0.1, 0.15) is 21.8 Å². The Labute approximate surface area is 186 Å². The summed E-state index contributed by atoms with van der Waals surface area (Å²) < 4.78 is 7.23. The third-order valence-corrected chi connectivity index (χ3v) is 6.86. The van der Waals surface area contributed by atoms with Gasteiger partial charge < -0.3 is 9.64 Å². The molecule has 3 rings (SSSR count). The van der Waals surface area contributed by atoms with Crippen molar-refractivity contribution in [2.45, 2.75) is 39.7 Å². The van der Waals surface area contributed by atoms with Gasteiger partial charge in [0.15, 0.2) is 0 Å². The second-order valence-corrected chi connectivity index (χ2v) is 8.95. The second kappa shape index (κ2) is 9.77.